The van der Waals surface area contributed by atoms with Gasteiger partial charge in [0.2, 0.25) is 0 Å². The van der Waals surface area contributed by atoms with Gasteiger partial charge in [0, 0.05) is 37.1 Å². The molecule has 5 heteroatoms. The van der Waals surface area contributed by atoms with Crippen molar-refractivity contribution in [3.05, 3.63) is 60.2 Å². The maximum atomic E-state index is 12.5. The molecule has 0 spiro atoms. The van der Waals surface area contributed by atoms with Gasteiger partial charge in [-0.1, -0.05) is 18.2 Å². The lowest BCUT2D eigenvalue weighted by Gasteiger charge is -2.24. The van der Waals surface area contributed by atoms with Gasteiger partial charge in [0.15, 0.2) is 0 Å². The van der Waals surface area contributed by atoms with Gasteiger partial charge in [0.05, 0.1) is 6.54 Å². The van der Waals surface area contributed by atoms with Crippen molar-refractivity contribution < 1.29 is 4.79 Å². The molecule has 1 amide bonds. The Morgan fingerprint density at radius 2 is 1.95 bits per heavy atom. The fourth-order valence-electron chi connectivity index (χ4n) is 2.81. The van der Waals surface area contributed by atoms with E-state index in [1.54, 1.807) is 12.4 Å². The zero-order valence-electron chi connectivity index (χ0n) is 12.7. The van der Waals surface area contributed by atoms with Crippen molar-refractivity contribution in [2.24, 2.45) is 0 Å². The molecule has 1 aliphatic heterocycles. The average molecular weight is 296 g/mol. The Labute approximate surface area is 130 Å². The predicted octanol–water partition coefficient (Wildman–Crippen LogP) is 1.82. The number of amides is 1. The molecule has 0 saturated carbocycles. The largest absolute Gasteiger partial charge is 0.337 e. The lowest BCUT2D eigenvalue weighted by molar-refractivity contribution is 0.0779. The summed E-state index contributed by atoms with van der Waals surface area (Å²) in [5.74, 6) is 0.935. The summed E-state index contributed by atoms with van der Waals surface area (Å²) in [6.07, 6.45) is 4.51. The number of carbonyl (C=O) groups excluding carboxylic acids is 1. The van der Waals surface area contributed by atoms with Crippen LogP contribution in [0, 0.1) is 0 Å². The highest BCUT2D eigenvalue weighted by Crippen LogP contribution is 2.18. The van der Waals surface area contributed by atoms with Crippen molar-refractivity contribution >= 4 is 5.91 Å². The number of carbonyl (C=O) groups is 1. The van der Waals surface area contributed by atoms with Gasteiger partial charge in [0.25, 0.3) is 5.91 Å². The van der Waals surface area contributed by atoms with Crippen molar-refractivity contribution in [1.82, 2.24) is 19.8 Å². The van der Waals surface area contributed by atoms with Gasteiger partial charge in [0.1, 0.15) is 5.82 Å². The maximum Gasteiger partial charge on any atom is 0.253 e. The molecule has 1 aromatic carbocycles. The summed E-state index contributed by atoms with van der Waals surface area (Å²) in [5, 5.41) is 0. The Kier molecular flexibility index (Phi) is 4.44. The molecule has 22 heavy (non-hydrogen) atoms. The molecule has 1 saturated heterocycles. The molecule has 0 bridgehead atoms. The molecule has 0 aliphatic carbocycles. The smallest absolute Gasteiger partial charge is 0.253 e. The monoisotopic (exact) mass is 296 g/mol. The van der Waals surface area contributed by atoms with Crippen LogP contribution in [-0.2, 0) is 6.54 Å². The second-order valence-corrected chi connectivity index (χ2v) is 5.64. The third-order valence-corrected chi connectivity index (χ3v) is 4.10. The van der Waals surface area contributed by atoms with Crippen LogP contribution in [-0.4, -0.2) is 51.9 Å². The minimum atomic E-state index is 0.118. The molecule has 0 N–H and O–H groups in total. The first-order valence-electron chi connectivity index (χ1n) is 7.54. The van der Waals surface area contributed by atoms with E-state index in [4.69, 9.17) is 0 Å². The van der Waals surface area contributed by atoms with Crippen molar-refractivity contribution in [1.29, 1.82) is 0 Å². The van der Waals surface area contributed by atoms with E-state index in [0.29, 0.717) is 12.6 Å². The third-order valence-electron chi connectivity index (χ3n) is 4.10. The molecule has 1 fully saturated rings. The fraction of sp³-hybridized carbons (Fsp3) is 0.353. The highest BCUT2D eigenvalue weighted by atomic mass is 16.2. The van der Waals surface area contributed by atoms with Crippen molar-refractivity contribution in [3.63, 3.8) is 0 Å². The van der Waals surface area contributed by atoms with Gasteiger partial charge >= 0.3 is 0 Å². The van der Waals surface area contributed by atoms with E-state index in [0.717, 1.165) is 30.9 Å². The van der Waals surface area contributed by atoms with Gasteiger partial charge in [-0.05, 0) is 31.7 Å². The first-order valence-corrected chi connectivity index (χ1v) is 7.54. The number of likely N-dealkylation sites (tertiary alicyclic amines) is 1. The number of hydrogen-bond donors (Lipinski definition) is 0. The minimum Gasteiger partial charge on any atom is -0.337 e. The predicted molar refractivity (Wildman–Crippen MR) is 84.2 cm³/mol. The van der Waals surface area contributed by atoms with Gasteiger partial charge in [-0.25, -0.2) is 9.97 Å². The first-order chi connectivity index (χ1) is 10.7. The molecule has 1 aliphatic rings. The first kappa shape index (κ1) is 14.7. The molecule has 5 nitrogen and oxygen atoms in total. The van der Waals surface area contributed by atoms with Crippen LogP contribution in [0.1, 0.15) is 22.6 Å². The summed E-state index contributed by atoms with van der Waals surface area (Å²) in [4.78, 5) is 25.1. The Bertz CT molecular complexity index is 617. The number of nitrogens with zero attached hydrogens (tertiary/aromatic N) is 4. The zero-order valence-corrected chi connectivity index (χ0v) is 12.7. The summed E-state index contributed by atoms with van der Waals surface area (Å²) in [6.45, 7) is 2.27. The summed E-state index contributed by atoms with van der Waals surface area (Å²) >= 11 is 0. The standard InChI is InChI=1S/C17H20N4O/c1-20(13-16-18-9-5-10-19-16)15-8-11-21(12-15)17(22)14-6-3-2-4-7-14/h2-7,9-10,15H,8,11-13H2,1H3/t15-/m0/s1. The number of hydrogen-bond acceptors (Lipinski definition) is 4. The second-order valence-electron chi connectivity index (χ2n) is 5.64. The van der Waals surface area contributed by atoms with Gasteiger partial charge in [-0.15, -0.1) is 0 Å². The number of rotatable bonds is 4. The molecule has 2 heterocycles. The summed E-state index contributed by atoms with van der Waals surface area (Å²) < 4.78 is 0. The Balaban J connectivity index is 1.59. The van der Waals surface area contributed by atoms with E-state index in [1.165, 1.54) is 0 Å². The van der Waals surface area contributed by atoms with Crippen molar-refractivity contribution in [2.75, 3.05) is 20.1 Å². The molecule has 114 valence electrons. The Hall–Kier alpha value is -2.27. The van der Waals surface area contributed by atoms with Crippen molar-refractivity contribution in [3.8, 4) is 0 Å². The number of benzene rings is 1. The van der Waals surface area contributed by atoms with Crippen molar-refractivity contribution in [2.45, 2.75) is 19.0 Å². The molecule has 3 rings (SSSR count). The quantitative estimate of drug-likeness (QED) is 0.863. The highest BCUT2D eigenvalue weighted by molar-refractivity contribution is 5.94. The average Bonchev–Trinajstić information content (AvgIpc) is 3.06. The molecule has 1 atom stereocenters. The highest BCUT2D eigenvalue weighted by Gasteiger charge is 2.29. The lowest BCUT2D eigenvalue weighted by Crippen LogP contribution is -2.36. The van der Waals surface area contributed by atoms with Crippen LogP contribution >= 0.6 is 0 Å². The number of aromatic nitrogens is 2. The van der Waals surface area contributed by atoms with E-state index in [1.807, 2.05) is 41.3 Å². The van der Waals surface area contributed by atoms with E-state index >= 15 is 0 Å². The van der Waals surface area contributed by atoms with Crippen LogP contribution in [0.25, 0.3) is 0 Å². The van der Waals surface area contributed by atoms with Gasteiger partial charge < -0.3 is 4.90 Å². The number of likely N-dealkylation sites (N-methyl/N-ethyl adjacent to an activating group) is 1. The van der Waals surface area contributed by atoms with Gasteiger partial charge in [-0.2, -0.15) is 0 Å². The maximum absolute atomic E-state index is 12.5. The summed E-state index contributed by atoms with van der Waals surface area (Å²) in [5.41, 5.74) is 0.761. The SMILES string of the molecule is CN(Cc1ncccn1)[C@H]1CCN(C(=O)c2ccccc2)C1. The Morgan fingerprint density at radius 3 is 2.68 bits per heavy atom. The van der Waals surface area contributed by atoms with Crippen LogP contribution in [0.15, 0.2) is 48.8 Å². The molecule has 1 aromatic heterocycles. The molecular weight excluding hydrogens is 276 g/mol. The van der Waals surface area contributed by atoms with E-state index in [2.05, 4.69) is 21.9 Å². The van der Waals surface area contributed by atoms with Crippen LogP contribution in [0.5, 0.6) is 0 Å². The van der Waals surface area contributed by atoms with Crippen LogP contribution < -0.4 is 0 Å². The van der Waals surface area contributed by atoms with Crippen LogP contribution in [0.2, 0.25) is 0 Å². The Morgan fingerprint density at radius 1 is 1.23 bits per heavy atom. The van der Waals surface area contributed by atoms with Gasteiger partial charge in [-0.3, -0.25) is 9.69 Å². The minimum absolute atomic E-state index is 0.118. The van der Waals surface area contributed by atoms with E-state index in [9.17, 15) is 4.79 Å². The second kappa shape index (κ2) is 6.66. The molecule has 0 radical (unpaired) electrons. The van der Waals surface area contributed by atoms with E-state index < -0.39 is 0 Å². The van der Waals surface area contributed by atoms with Crippen LogP contribution in [0.3, 0.4) is 0 Å². The molecular formula is C17H20N4O. The molecule has 2 aromatic rings. The van der Waals surface area contributed by atoms with E-state index in [-0.39, 0.29) is 5.91 Å². The lowest BCUT2D eigenvalue weighted by atomic mass is 10.2. The topological polar surface area (TPSA) is 49.3 Å². The summed E-state index contributed by atoms with van der Waals surface area (Å²) in [7, 11) is 2.07. The third kappa shape index (κ3) is 3.31. The summed E-state index contributed by atoms with van der Waals surface area (Å²) in [6, 6.07) is 11.7. The van der Waals surface area contributed by atoms with Crippen LogP contribution in [0.4, 0.5) is 0 Å². The molecule has 0 unspecified atom stereocenters. The normalized spacial score (nSPS) is 17.9. The zero-order chi connectivity index (χ0) is 15.4. The fourth-order valence-corrected chi connectivity index (χ4v) is 2.81.